The number of benzene rings is 2. The summed E-state index contributed by atoms with van der Waals surface area (Å²) in [5.41, 5.74) is 0.965. The summed E-state index contributed by atoms with van der Waals surface area (Å²) < 4.78 is 43.5. The van der Waals surface area contributed by atoms with Crippen molar-refractivity contribution < 1.29 is 37.3 Å². The van der Waals surface area contributed by atoms with Crippen molar-refractivity contribution in [3.8, 4) is 17.2 Å². The van der Waals surface area contributed by atoms with Crippen molar-refractivity contribution >= 4 is 23.6 Å². The molecule has 2 aromatic carbocycles. The third-order valence-electron chi connectivity index (χ3n) is 3.55. The number of hydrogen-bond donors (Lipinski definition) is 1. The number of rotatable bonds is 9. The molecule has 0 atom stereocenters. The summed E-state index contributed by atoms with van der Waals surface area (Å²) in [6, 6.07) is 10.5. The minimum absolute atomic E-state index is 0.00496. The molecule has 1 N–H and O–H groups in total. The van der Waals surface area contributed by atoms with Gasteiger partial charge in [-0.05, 0) is 35.9 Å². The Morgan fingerprint density at radius 1 is 1.03 bits per heavy atom. The first-order valence-corrected chi connectivity index (χ1v) is 8.33. The highest BCUT2D eigenvalue weighted by Gasteiger charge is 2.10. The molecule has 29 heavy (non-hydrogen) atoms. The fourth-order valence-electron chi connectivity index (χ4n) is 2.20. The van der Waals surface area contributed by atoms with E-state index >= 15 is 0 Å². The van der Waals surface area contributed by atoms with Gasteiger partial charge in [-0.2, -0.15) is 8.78 Å². The molecule has 7 nitrogen and oxygen atoms in total. The summed E-state index contributed by atoms with van der Waals surface area (Å²) in [6.07, 6.45) is 2.53. The van der Waals surface area contributed by atoms with Gasteiger partial charge in [0.2, 0.25) is 0 Å². The zero-order valence-electron chi connectivity index (χ0n) is 15.7. The van der Waals surface area contributed by atoms with Gasteiger partial charge in [0.25, 0.3) is 5.91 Å². The topological polar surface area (TPSA) is 83.1 Å². The van der Waals surface area contributed by atoms with Crippen LogP contribution in [0, 0.1) is 0 Å². The zero-order chi connectivity index (χ0) is 21.2. The Bertz CT molecular complexity index is 868. The Hall–Kier alpha value is -3.62. The van der Waals surface area contributed by atoms with Gasteiger partial charge in [0, 0.05) is 12.1 Å². The second kappa shape index (κ2) is 10.6. The second-order valence-electron chi connectivity index (χ2n) is 5.50. The highest BCUT2D eigenvalue weighted by Crippen LogP contribution is 2.28. The van der Waals surface area contributed by atoms with Crippen molar-refractivity contribution in [1.82, 2.24) is 0 Å². The monoisotopic (exact) mass is 407 g/mol. The molecular weight excluding hydrogens is 388 g/mol. The number of nitrogens with one attached hydrogen (secondary N) is 1. The van der Waals surface area contributed by atoms with Crippen LogP contribution in [0.25, 0.3) is 6.08 Å². The van der Waals surface area contributed by atoms with E-state index in [1.807, 2.05) is 0 Å². The smallest absolute Gasteiger partial charge is 0.387 e. The SMILES string of the molecule is COc1ccc(NC(=O)COC(=O)/C=C/c2ccc(OC(F)F)cc2)c(OC)c1. The summed E-state index contributed by atoms with van der Waals surface area (Å²) in [5, 5.41) is 2.57. The van der Waals surface area contributed by atoms with Crippen molar-refractivity contribution in [1.29, 1.82) is 0 Å². The average Bonchev–Trinajstić information content (AvgIpc) is 2.71. The van der Waals surface area contributed by atoms with Gasteiger partial charge in [-0.15, -0.1) is 0 Å². The molecule has 0 aromatic heterocycles. The lowest BCUT2D eigenvalue weighted by Gasteiger charge is -2.11. The highest BCUT2D eigenvalue weighted by atomic mass is 19.3. The predicted octanol–water partition coefficient (Wildman–Crippen LogP) is 3.50. The fourth-order valence-corrected chi connectivity index (χ4v) is 2.20. The number of ether oxygens (including phenoxy) is 4. The maximum Gasteiger partial charge on any atom is 0.387 e. The lowest BCUT2D eigenvalue weighted by Crippen LogP contribution is -2.20. The molecule has 0 aliphatic heterocycles. The molecule has 0 unspecified atom stereocenters. The minimum Gasteiger partial charge on any atom is -0.497 e. The van der Waals surface area contributed by atoms with Crippen molar-refractivity contribution in [2.24, 2.45) is 0 Å². The second-order valence-corrected chi connectivity index (χ2v) is 5.50. The number of methoxy groups -OCH3 is 2. The van der Waals surface area contributed by atoms with Crippen molar-refractivity contribution in [3.63, 3.8) is 0 Å². The van der Waals surface area contributed by atoms with E-state index in [-0.39, 0.29) is 5.75 Å². The number of carbonyl (C=O) groups is 2. The highest BCUT2D eigenvalue weighted by molar-refractivity contribution is 5.95. The van der Waals surface area contributed by atoms with Gasteiger partial charge < -0.3 is 24.3 Å². The molecular formula is C20H19F2NO6. The molecule has 2 rings (SSSR count). The first-order valence-electron chi connectivity index (χ1n) is 8.33. The van der Waals surface area contributed by atoms with E-state index in [2.05, 4.69) is 10.1 Å². The summed E-state index contributed by atoms with van der Waals surface area (Å²) >= 11 is 0. The van der Waals surface area contributed by atoms with Crippen LogP contribution in [-0.4, -0.2) is 39.3 Å². The Labute approximate surface area is 165 Å². The standard InChI is InChI=1S/C20H19F2NO6/c1-26-15-8-9-16(17(11-15)27-2)23-18(24)12-28-19(25)10-5-13-3-6-14(7-4-13)29-20(21)22/h3-11,20H,12H2,1-2H3,(H,23,24)/b10-5+. The van der Waals surface area contributed by atoms with E-state index in [1.54, 1.807) is 18.2 Å². The van der Waals surface area contributed by atoms with Gasteiger partial charge in [0.1, 0.15) is 17.2 Å². The molecule has 0 radical (unpaired) electrons. The number of alkyl halides is 2. The van der Waals surface area contributed by atoms with Crippen LogP contribution in [-0.2, 0) is 14.3 Å². The van der Waals surface area contributed by atoms with Crippen molar-refractivity contribution in [2.75, 3.05) is 26.1 Å². The van der Waals surface area contributed by atoms with Crippen molar-refractivity contribution in [3.05, 3.63) is 54.1 Å². The molecule has 0 bridgehead atoms. The quantitative estimate of drug-likeness (QED) is 0.506. The van der Waals surface area contributed by atoms with Crippen LogP contribution >= 0.6 is 0 Å². The predicted molar refractivity (Wildman–Crippen MR) is 101 cm³/mol. The van der Waals surface area contributed by atoms with E-state index in [4.69, 9.17) is 14.2 Å². The number of amides is 1. The Kier molecular flexibility index (Phi) is 7.96. The van der Waals surface area contributed by atoms with Crippen LogP contribution in [0.3, 0.4) is 0 Å². The van der Waals surface area contributed by atoms with Crippen LogP contribution in [0.5, 0.6) is 17.2 Å². The summed E-state index contributed by atoms with van der Waals surface area (Å²) in [5.74, 6) is -0.336. The lowest BCUT2D eigenvalue weighted by molar-refractivity contribution is -0.142. The Morgan fingerprint density at radius 3 is 2.34 bits per heavy atom. The number of hydrogen-bond acceptors (Lipinski definition) is 6. The number of esters is 1. The van der Waals surface area contributed by atoms with Crippen LogP contribution in [0.4, 0.5) is 14.5 Å². The van der Waals surface area contributed by atoms with Crippen molar-refractivity contribution in [2.45, 2.75) is 6.61 Å². The molecule has 0 saturated carbocycles. The normalized spacial score (nSPS) is 10.7. The fraction of sp³-hybridized carbons (Fsp3) is 0.200. The number of carbonyl (C=O) groups excluding carboxylic acids is 2. The molecule has 0 heterocycles. The van der Waals surface area contributed by atoms with Gasteiger partial charge in [-0.25, -0.2) is 4.79 Å². The van der Waals surface area contributed by atoms with E-state index in [9.17, 15) is 18.4 Å². The van der Waals surface area contributed by atoms with E-state index in [0.29, 0.717) is 22.7 Å². The molecule has 2 aromatic rings. The molecule has 0 aliphatic rings. The minimum atomic E-state index is -2.91. The molecule has 9 heteroatoms. The number of halogens is 2. The molecule has 1 amide bonds. The largest absolute Gasteiger partial charge is 0.497 e. The average molecular weight is 407 g/mol. The van der Waals surface area contributed by atoms with E-state index in [1.165, 1.54) is 44.6 Å². The first kappa shape index (κ1) is 21.7. The van der Waals surface area contributed by atoms with Crippen LogP contribution in [0.1, 0.15) is 5.56 Å². The maximum atomic E-state index is 12.1. The molecule has 0 saturated heterocycles. The van der Waals surface area contributed by atoms with Gasteiger partial charge in [-0.3, -0.25) is 4.79 Å². The van der Waals surface area contributed by atoms with E-state index < -0.39 is 25.1 Å². The molecule has 0 spiro atoms. The third kappa shape index (κ3) is 7.13. The van der Waals surface area contributed by atoms with Crippen LogP contribution in [0.15, 0.2) is 48.5 Å². The molecule has 0 fully saturated rings. The molecule has 0 aliphatic carbocycles. The van der Waals surface area contributed by atoms with Gasteiger partial charge in [-0.1, -0.05) is 12.1 Å². The van der Waals surface area contributed by atoms with Crippen LogP contribution in [0.2, 0.25) is 0 Å². The third-order valence-corrected chi connectivity index (χ3v) is 3.55. The van der Waals surface area contributed by atoms with Crippen LogP contribution < -0.4 is 19.5 Å². The van der Waals surface area contributed by atoms with Gasteiger partial charge >= 0.3 is 12.6 Å². The molecule has 154 valence electrons. The van der Waals surface area contributed by atoms with E-state index in [0.717, 1.165) is 6.08 Å². The Balaban J connectivity index is 1.84. The maximum absolute atomic E-state index is 12.1. The summed E-state index contributed by atoms with van der Waals surface area (Å²) in [7, 11) is 2.95. The summed E-state index contributed by atoms with van der Waals surface area (Å²) in [6.45, 7) is -3.41. The van der Waals surface area contributed by atoms with Gasteiger partial charge in [0.05, 0.1) is 19.9 Å². The number of anilines is 1. The summed E-state index contributed by atoms with van der Waals surface area (Å²) in [4.78, 5) is 23.7. The lowest BCUT2D eigenvalue weighted by atomic mass is 10.2. The Morgan fingerprint density at radius 2 is 1.72 bits per heavy atom. The first-order chi connectivity index (χ1) is 13.9. The zero-order valence-corrected chi connectivity index (χ0v) is 15.7. The van der Waals surface area contributed by atoms with Gasteiger partial charge in [0.15, 0.2) is 6.61 Å².